The molecule has 2 aromatic heterocycles. The predicted molar refractivity (Wildman–Crippen MR) is 106 cm³/mol. The van der Waals surface area contributed by atoms with Crippen molar-refractivity contribution in [1.29, 1.82) is 0 Å². The third-order valence-electron chi connectivity index (χ3n) is 4.65. The maximum atomic E-state index is 12.8. The number of pyridine rings is 1. The van der Waals surface area contributed by atoms with Gasteiger partial charge in [-0.3, -0.25) is 9.59 Å². The van der Waals surface area contributed by atoms with E-state index in [0.717, 1.165) is 39.3 Å². The van der Waals surface area contributed by atoms with E-state index in [2.05, 4.69) is 0 Å². The van der Waals surface area contributed by atoms with Crippen molar-refractivity contribution in [1.82, 2.24) is 13.4 Å². The van der Waals surface area contributed by atoms with Crippen LogP contribution >= 0.6 is 0 Å². The Kier molecular flexibility index (Phi) is 6.97. The maximum absolute atomic E-state index is 12.8. The summed E-state index contributed by atoms with van der Waals surface area (Å²) in [6, 6.07) is 4.22. The van der Waals surface area contributed by atoms with E-state index in [1.54, 1.807) is 13.2 Å². The number of aromatic nitrogens is 2. The lowest BCUT2D eigenvalue weighted by Gasteiger charge is -2.13. The molecule has 2 heterocycles. The maximum Gasteiger partial charge on any atom is 0.251 e. The predicted octanol–water partition coefficient (Wildman–Crippen LogP) is 1.44. The van der Waals surface area contributed by atoms with Crippen molar-refractivity contribution in [2.24, 2.45) is 0 Å². The van der Waals surface area contributed by atoms with E-state index in [9.17, 15) is 18.0 Å². The molecule has 0 aliphatic carbocycles. The number of carbonyl (C=O) groups excluding carboxylic acids is 1. The lowest BCUT2D eigenvalue weighted by Crippen LogP contribution is -2.27. The number of ether oxygens (including phenoxy) is 1. The Bertz CT molecular complexity index is 1020. The molecule has 28 heavy (non-hydrogen) atoms. The lowest BCUT2D eigenvalue weighted by atomic mass is 10.1. The van der Waals surface area contributed by atoms with Crippen molar-refractivity contribution in [2.45, 2.75) is 38.3 Å². The van der Waals surface area contributed by atoms with Crippen LogP contribution in [0.25, 0.3) is 0 Å². The van der Waals surface area contributed by atoms with Gasteiger partial charge in [0.05, 0.1) is 11.4 Å². The zero-order valence-corrected chi connectivity index (χ0v) is 17.7. The van der Waals surface area contributed by atoms with Crippen molar-refractivity contribution < 1.29 is 17.9 Å². The number of carbonyl (C=O) groups is 1. The van der Waals surface area contributed by atoms with E-state index in [1.165, 1.54) is 26.4 Å². The second-order valence-corrected chi connectivity index (χ2v) is 8.98. The van der Waals surface area contributed by atoms with Crippen LogP contribution in [-0.4, -0.2) is 55.5 Å². The minimum atomic E-state index is -3.69. The number of hydrogen-bond acceptors (Lipinski definition) is 5. The molecular weight excluding hydrogens is 382 g/mol. The van der Waals surface area contributed by atoms with Gasteiger partial charge in [-0.05, 0) is 32.4 Å². The van der Waals surface area contributed by atoms with Gasteiger partial charge < -0.3 is 13.9 Å². The molecule has 8 nitrogen and oxygen atoms in total. The third-order valence-corrected chi connectivity index (χ3v) is 6.45. The molecule has 0 unspecified atom stereocenters. The molecule has 2 rings (SSSR count). The summed E-state index contributed by atoms with van der Waals surface area (Å²) < 4.78 is 33.9. The zero-order valence-electron chi connectivity index (χ0n) is 16.9. The highest BCUT2D eigenvalue weighted by molar-refractivity contribution is 7.89. The summed E-state index contributed by atoms with van der Waals surface area (Å²) in [5, 5.41) is 0. The van der Waals surface area contributed by atoms with Crippen LogP contribution in [0.1, 0.15) is 28.2 Å². The zero-order chi connectivity index (χ0) is 21.1. The van der Waals surface area contributed by atoms with Gasteiger partial charge in [-0.25, -0.2) is 12.7 Å². The third kappa shape index (κ3) is 4.60. The van der Waals surface area contributed by atoms with Gasteiger partial charge in [0.1, 0.15) is 0 Å². The van der Waals surface area contributed by atoms with E-state index < -0.39 is 15.6 Å². The molecule has 0 saturated carbocycles. The van der Waals surface area contributed by atoms with Crippen LogP contribution in [0.15, 0.2) is 34.1 Å². The average molecular weight is 410 g/mol. The van der Waals surface area contributed by atoms with Crippen LogP contribution in [0.5, 0.6) is 0 Å². The Morgan fingerprint density at radius 3 is 2.50 bits per heavy atom. The fourth-order valence-corrected chi connectivity index (χ4v) is 3.95. The van der Waals surface area contributed by atoms with Gasteiger partial charge >= 0.3 is 0 Å². The Morgan fingerprint density at radius 1 is 1.21 bits per heavy atom. The fourth-order valence-electron chi connectivity index (χ4n) is 3.03. The van der Waals surface area contributed by atoms with E-state index >= 15 is 0 Å². The van der Waals surface area contributed by atoms with Crippen LogP contribution < -0.4 is 5.56 Å². The Morgan fingerprint density at radius 2 is 1.89 bits per heavy atom. The van der Waals surface area contributed by atoms with E-state index in [4.69, 9.17) is 4.74 Å². The van der Waals surface area contributed by atoms with Gasteiger partial charge in [-0.2, -0.15) is 0 Å². The fraction of sp³-hybridized carbons (Fsp3) is 0.474. The molecule has 0 fully saturated rings. The van der Waals surface area contributed by atoms with Crippen LogP contribution in [0.4, 0.5) is 0 Å². The monoisotopic (exact) mass is 409 g/mol. The van der Waals surface area contributed by atoms with Crippen LogP contribution in [0.2, 0.25) is 0 Å². The molecule has 0 spiro atoms. The van der Waals surface area contributed by atoms with Gasteiger partial charge in [-0.15, -0.1) is 0 Å². The first-order valence-electron chi connectivity index (χ1n) is 8.91. The summed E-state index contributed by atoms with van der Waals surface area (Å²) in [7, 11) is 0.774. The normalized spacial score (nSPS) is 11.9. The minimum Gasteiger partial charge on any atom is -0.385 e. The highest BCUT2D eigenvalue weighted by atomic mass is 32.2. The van der Waals surface area contributed by atoms with Crippen LogP contribution in [0.3, 0.4) is 0 Å². The number of sulfonamides is 1. The Labute approximate surface area is 165 Å². The van der Waals surface area contributed by atoms with Gasteiger partial charge in [-0.1, -0.05) is 0 Å². The summed E-state index contributed by atoms with van der Waals surface area (Å²) in [6.07, 6.45) is 2.04. The number of methoxy groups -OCH3 is 1. The first-order chi connectivity index (χ1) is 13.1. The first-order valence-corrected chi connectivity index (χ1v) is 10.4. The second kappa shape index (κ2) is 8.85. The standard InChI is InChI=1S/C19H27N3O5S/c1-14-11-17(15(2)22(14)9-6-10-27-5)18(23)13-21-12-16(7-8-19(21)24)28(25,26)20(3)4/h7-8,11-12H,6,9-10,13H2,1-5H3. The molecule has 9 heteroatoms. The van der Waals surface area contributed by atoms with Gasteiger partial charge in [0.2, 0.25) is 10.0 Å². The van der Waals surface area contributed by atoms with Gasteiger partial charge in [0, 0.05) is 63.6 Å². The summed E-state index contributed by atoms with van der Waals surface area (Å²) in [5.41, 5.74) is 1.87. The average Bonchev–Trinajstić information content (AvgIpc) is 2.91. The molecule has 2 aromatic rings. The molecule has 0 saturated heterocycles. The summed E-state index contributed by atoms with van der Waals surface area (Å²) >= 11 is 0. The van der Waals surface area contributed by atoms with E-state index in [0.29, 0.717) is 12.2 Å². The van der Waals surface area contributed by atoms with Crippen molar-refractivity contribution in [2.75, 3.05) is 27.8 Å². The molecule has 0 aliphatic heterocycles. The van der Waals surface area contributed by atoms with Crippen molar-refractivity contribution in [3.8, 4) is 0 Å². The summed E-state index contributed by atoms with van der Waals surface area (Å²) in [6.45, 7) is 4.92. The highest BCUT2D eigenvalue weighted by Crippen LogP contribution is 2.17. The number of nitrogens with zero attached hydrogens (tertiary/aromatic N) is 3. The largest absolute Gasteiger partial charge is 0.385 e. The van der Waals surface area contributed by atoms with E-state index in [1.807, 2.05) is 18.4 Å². The molecule has 0 amide bonds. The topological polar surface area (TPSA) is 90.6 Å². The highest BCUT2D eigenvalue weighted by Gasteiger charge is 2.20. The molecule has 154 valence electrons. The van der Waals surface area contributed by atoms with Gasteiger partial charge in [0.25, 0.3) is 5.56 Å². The molecule has 0 bridgehead atoms. The molecule has 0 aromatic carbocycles. The Hall–Kier alpha value is -2.23. The SMILES string of the molecule is COCCCn1c(C)cc(C(=O)Cn2cc(S(=O)(=O)N(C)C)ccc2=O)c1C. The molecule has 0 radical (unpaired) electrons. The van der Waals surface area contributed by atoms with Crippen LogP contribution in [0, 0.1) is 13.8 Å². The number of hydrogen-bond donors (Lipinski definition) is 0. The Balaban J connectivity index is 2.31. The molecule has 0 aliphatic rings. The van der Waals surface area contributed by atoms with Crippen molar-refractivity contribution >= 4 is 15.8 Å². The number of aryl methyl sites for hydroxylation is 1. The molecule has 0 atom stereocenters. The molecular formula is C19H27N3O5S. The summed E-state index contributed by atoms with van der Waals surface area (Å²) in [5.74, 6) is -0.243. The number of ketones is 1. The number of rotatable bonds is 9. The van der Waals surface area contributed by atoms with Gasteiger partial charge in [0.15, 0.2) is 5.78 Å². The first kappa shape index (κ1) is 22.1. The second-order valence-electron chi connectivity index (χ2n) is 6.82. The van der Waals surface area contributed by atoms with Crippen molar-refractivity contribution in [3.63, 3.8) is 0 Å². The lowest BCUT2D eigenvalue weighted by molar-refractivity contribution is 0.0969. The van der Waals surface area contributed by atoms with Crippen molar-refractivity contribution in [3.05, 3.63) is 51.7 Å². The summed E-state index contributed by atoms with van der Waals surface area (Å²) in [4.78, 5) is 24.9. The smallest absolute Gasteiger partial charge is 0.251 e. The number of Topliss-reactive ketones (excluding diaryl/α,β-unsaturated/α-hetero) is 1. The van der Waals surface area contributed by atoms with Crippen LogP contribution in [-0.2, 0) is 27.8 Å². The molecule has 0 N–H and O–H groups in total. The van der Waals surface area contributed by atoms with E-state index in [-0.39, 0.29) is 17.2 Å². The quantitative estimate of drug-likeness (QED) is 0.462. The minimum absolute atomic E-state index is 0.0325.